The van der Waals surface area contributed by atoms with Crippen LogP contribution >= 0.6 is 0 Å². The largest absolute Gasteiger partial charge is 0.499 e. The van der Waals surface area contributed by atoms with Crippen molar-refractivity contribution < 1.29 is 9.47 Å². The molecule has 0 aliphatic heterocycles. The van der Waals surface area contributed by atoms with E-state index in [1.165, 1.54) is 83.5 Å². The zero-order valence-electron chi connectivity index (χ0n) is 16.0. The summed E-state index contributed by atoms with van der Waals surface area (Å²) < 4.78 is 10.5. The summed E-state index contributed by atoms with van der Waals surface area (Å²) in [7, 11) is 0. The van der Waals surface area contributed by atoms with Gasteiger partial charge in [0.2, 0.25) is 0 Å². The van der Waals surface area contributed by atoms with Gasteiger partial charge in [0.15, 0.2) is 0 Å². The second kappa shape index (κ2) is 21.5. The van der Waals surface area contributed by atoms with Gasteiger partial charge in [-0.05, 0) is 25.8 Å². The molecule has 0 fully saturated rings. The highest BCUT2D eigenvalue weighted by molar-refractivity contribution is 4.73. The summed E-state index contributed by atoms with van der Waals surface area (Å²) in [5.41, 5.74) is 0. The topological polar surface area (TPSA) is 18.5 Å². The Morgan fingerprint density at radius 3 is 1.65 bits per heavy atom. The fraction of sp³-hybridized carbons (Fsp3) is 0.905. The van der Waals surface area contributed by atoms with Gasteiger partial charge in [0.25, 0.3) is 0 Å². The van der Waals surface area contributed by atoms with Crippen molar-refractivity contribution in [3.05, 3.63) is 12.3 Å². The minimum absolute atomic E-state index is 0.670. The molecule has 0 spiro atoms. The number of hydrogen-bond donors (Lipinski definition) is 0. The molecular formula is C21H42O2. The predicted molar refractivity (Wildman–Crippen MR) is 102 cm³/mol. The van der Waals surface area contributed by atoms with Crippen LogP contribution in [0.25, 0.3) is 0 Å². The van der Waals surface area contributed by atoms with Crippen LogP contribution in [0.1, 0.15) is 104 Å². The molecule has 0 aromatic rings. The average Bonchev–Trinajstić information content (AvgIpc) is 2.57. The summed E-state index contributed by atoms with van der Waals surface area (Å²) >= 11 is 0. The Labute approximate surface area is 146 Å². The number of ether oxygens (including phenoxy) is 2. The fourth-order valence-electron chi connectivity index (χ4n) is 2.74. The molecule has 0 aliphatic carbocycles. The normalized spacial score (nSPS) is 11.4. The first-order valence-corrected chi connectivity index (χ1v) is 10.3. The van der Waals surface area contributed by atoms with Crippen molar-refractivity contribution in [2.45, 2.75) is 104 Å². The lowest BCUT2D eigenvalue weighted by atomic mass is 10.0. The molecule has 0 N–H and O–H groups in total. The van der Waals surface area contributed by atoms with Crippen molar-refractivity contribution in [1.82, 2.24) is 0 Å². The molecule has 138 valence electrons. The molecule has 0 saturated carbocycles. The summed E-state index contributed by atoms with van der Waals surface area (Å²) in [5.74, 6) is 0. The van der Waals surface area contributed by atoms with Crippen molar-refractivity contribution in [3.8, 4) is 0 Å². The standard InChI is InChI=1S/C21H42O2/c1-3-5-6-7-8-9-10-11-12-13-14-15-16-17-18-19-23-21-20-22-4-2/h18-19H,3-17,20-21H2,1-2H3. The van der Waals surface area contributed by atoms with Gasteiger partial charge in [-0.15, -0.1) is 0 Å². The average molecular weight is 327 g/mol. The summed E-state index contributed by atoms with van der Waals surface area (Å²) in [6.07, 6.45) is 23.5. The minimum atomic E-state index is 0.670. The lowest BCUT2D eigenvalue weighted by Gasteiger charge is -2.02. The molecule has 0 heterocycles. The third-order valence-electron chi connectivity index (χ3n) is 4.22. The first-order valence-electron chi connectivity index (χ1n) is 10.3. The van der Waals surface area contributed by atoms with Gasteiger partial charge in [-0.25, -0.2) is 0 Å². The Hall–Kier alpha value is -0.500. The Morgan fingerprint density at radius 1 is 0.609 bits per heavy atom. The van der Waals surface area contributed by atoms with Crippen LogP contribution < -0.4 is 0 Å². The maximum atomic E-state index is 5.34. The summed E-state index contributed by atoms with van der Waals surface area (Å²) in [6, 6.07) is 0. The molecule has 2 nitrogen and oxygen atoms in total. The zero-order chi connectivity index (χ0) is 16.8. The molecule has 0 unspecified atom stereocenters. The van der Waals surface area contributed by atoms with Crippen LogP contribution in [-0.2, 0) is 9.47 Å². The highest BCUT2D eigenvalue weighted by Gasteiger charge is 1.93. The molecule has 23 heavy (non-hydrogen) atoms. The summed E-state index contributed by atoms with van der Waals surface area (Å²) in [4.78, 5) is 0. The van der Waals surface area contributed by atoms with Gasteiger partial charge in [0.1, 0.15) is 6.61 Å². The maximum Gasteiger partial charge on any atom is 0.111 e. The van der Waals surface area contributed by atoms with Crippen LogP contribution in [-0.4, -0.2) is 19.8 Å². The van der Waals surface area contributed by atoms with Crippen LogP contribution in [0.5, 0.6) is 0 Å². The van der Waals surface area contributed by atoms with E-state index >= 15 is 0 Å². The second-order valence-electron chi connectivity index (χ2n) is 6.47. The third kappa shape index (κ3) is 21.5. The highest BCUT2D eigenvalue weighted by atomic mass is 16.5. The first-order chi connectivity index (χ1) is 11.4. The second-order valence-corrected chi connectivity index (χ2v) is 6.47. The molecule has 0 aromatic heterocycles. The lowest BCUT2D eigenvalue weighted by Crippen LogP contribution is -1.99. The van der Waals surface area contributed by atoms with Crippen molar-refractivity contribution in [2.24, 2.45) is 0 Å². The summed E-state index contributed by atoms with van der Waals surface area (Å²) in [5, 5.41) is 0. The van der Waals surface area contributed by atoms with Gasteiger partial charge in [0.05, 0.1) is 12.9 Å². The Morgan fingerprint density at radius 2 is 1.13 bits per heavy atom. The van der Waals surface area contributed by atoms with E-state index in [0.29, 0.717) is 13.2 Å². The molecule has 0 amide bonds. The molecule has 0 aromatic carbocycles. The van der Waals surface area contributed by atoms with Crippen molar-refractivity contribution >= 4 is 0 Å². The zero-order valence-corrected chi connectivity index (χ0v) is 16.0. The van der Waals surface area contributed by atoms with E-state index in [9.17, 15) is 0 Å². The van der Waals surface area contributed by atoms with E-state index in [-0.39, 0.29) is 0 Å². The van der Waals surface area contributed by atoms with E-state index in [1.807, 2.05) is 13.2 Å². The van der Waals surface area contributed by atoms with Crippen molar-refractivity contribution in [1.29, 1.82) is 0 Å². The Balaban J connectivity index is 3.01. The van der Waals surface area contributed by atoms with Crippen LogP contribution in [0, 0.1) is 0 Å². The SMILES string of the molecule is CCCCCCCCCCCCCCCC=COCCOCC. The Kier molecular flexibility index (Phi) is 21.0. The molecular weight excluding hydrogens is 284 g/mol. The van der Waals surface area contributed by atoms with E-state index in [0.717, 1.165) is 13.0 Å². The Bertz CT molecular complexity index is 226. The van der Waals surface area contributed by atoms with Gasteiger partial charge in [-0.2, -0.15) is 0 Å². The fourth-order valence-corrected chi connectivity index (χ4v) is 2.74. The van der Waals surface area contributed by atoms with Crippen molar-refractivity contribution in [2.75, 3.05) is 19.8 Å². The van der Waals surface area contributed by atoms with Gasteiger partial charge in [0, 0.05) is 6.61 Å². The van der Waals surface area contributed by atoms with Crippen LogP contribution in [0.3, 0.4) is 0 Å². The minimum Gasteiger partial charge on any atom is -0.499 e. The monoisotopic (exact) mass is 326 g/mol. The van der Waals surface area contributed by atoms with Gasteiger partial charge in [-0.1, -0.05) is 84.0 Å². The van der Waals surface area contributed by atoms with E-state index in [1.54, 1.807) is 0 Å². The molecule has 0 aliphatic rings. The van der Waals surface area contributed by atoms with E-state index in [4.69, 9.17) is 9.47 Å². The van der Waals surface area contributed by atoms with Crippen LogP contribution in [0.2, 0.25) is 0 Å². The number of unbranched alkanes of at least 4 members (excludes halogenated alkanes) is 13. The maximum absolute atomic E-state index is 5.34. The van der Waals surface area contributed by atoms with Crippen LogP contribution in [0.4, 0.5) is 0 Å². The van der Waals surface area contributed by atoms with Gasteiger partial charge < -0.3 is 9.47 Å². The van der Waals surface area contributed by atoms with Crippen LogP contribution in [0.15, 0.2) is 12.3 Å². The molecule has 0 radical (unpaired) electrons. The smallest absolute Gasteiger partial charge is 0.111 e. The molecule has 2 heteroatoms. The van der Waals surface area contributed by atoms with E-state index < -0.39 is 0 Å². The quantitative estimate of drug-likeness (QED) is 0.187. The molecule has 0 bridgehead atoms. The van der Waals surface area contributed by atoms with Gasteiger partial charge >= 0.3 is 0 Å². The highest BCUT2D eigenvalue weighted by Crippen LogP contribution is 2.12. The molecule has 0 saturated heterocycles. The molecule has 0 atom stereocenters. The number of rotatable bonds is 19. The summed E-state index contributed by atoms with van der Waals surface area (Å²) in [6.45, 7) is 6.42. The molecule has 0 rings (SSSR count). The van der Waals surface area contributed by atoms with Crippen molar-refractivity contribution in [3.63, 3.8) is 0 Å². The predicted octanol–water partition coefficient (Wildman–Crippen LogP) is 7.03. The number of hydrogen-bond acceptors (Lipinski definition) is 2. The van der Waals surface area contributed by atoms with E-state index in [2.05, 4.69) is 13.0 Å². The lowest BCUT2D eigenvalue weighted by molar-refractivity contribution is 0.0930. The third-order valence-corrected chi connectivity index (χ3v) is 4.22. The number of allylic oxidation sites excluding steroid dienone is 1. The first kappa shape index (κ1) is 22.5. The van der Waals surface area contributed by atoms with Gasteiger partial charge in [-0.3, -0.25) is 0 Å².